The second kappa shape index (κ2) is 3.69. The molecule has 1 saturated carbocycles. The van der Waals surface area contributed by atoms with Gasteiger partial charge in [-0.2, -0.15) is 0 Å². The lowest BCUT2D eigenvalue weighted by Crippen LogP contribution is -2.15. The van der Waals surface area contributed by atoms with Crippen molar-refractivity contribution in [3.05, 3.63) is 23.3 Å². The van der Waals surface area contributed by atoms with E-state index in [0.717, 1.165) is 11.8 Å². The monoisotopic (exact) mass is 176 g/mol. The van der Waals surface area contributed by atoms with Gasteiger partial charge in [0.15, 0.2) is 0 Å². The third-order valence-corrected chi connectivity index (χ3v) is 3.80. The van der Waals surface area contributed by atoms with Crippen LogP contribution in [0, 0.1) is 11.8 Å². The molecule has 0 amide bonds. The molecule has 2 aliphatic rings. The van der Waals surface area contributed by atoms with Gasteiger partial charge >= 0.3 is 0 Å². The zero-order valence-corrected chi connectivity index (χ0v) is 8.84. The van der Waals surface area contributed by atoms with Crippen LogP contribution in [0.5, 0.6) is 0 Å². The van der Waals surface area contributed by atoms with Gasteiger partial charge in [0, 0.05) is 0 Å². The number of hydrogen-bond acceptors (Lipinski definition) is 0. The Morgan fingerprint density at radius 2 is 1.46 bits per heavy atom. The molecule has 1 fully saturated rings. The first kappa shape index (κ1) is 9.05. The first-order valence-electron chi connectivity index (χ1n) is 5.76. The van der Waals surface area contributed by atoms with Crippen LogP contribution in [0.15, 0.2) is 23.3 Å². The highest BCUT2D eigenvalue weighted by Gasteiger charge is 2.32. The topological polar surface area (TPSA) is 0 Å². The molecule has 0 nitrogen and oxygen atoms in total. The van der Waals surface area contributed by atoms with Crippen molar-refractivity contribution in [1.29, 1.82) is 0 Å². The molecule has 0 heteroatoms. The number of hydrogen-bond donors (Lipinski definition) is 0. The molecule has 2 atom stereocenters. The predicted molar refractivity (Wildman–Crippen MR) is 57.6 cm³/mol. The summed E-state index contributed by atoms with van der Waals surface area (Å²) in [5, 5.41) is 0. The van der Waals surface area contributed by atoms with Gasteiger partial charge in [0.1, 0.15) is 0 Å². The van der Waals surface area contributed by atoms with Gasteiger partial charge < -0.3 is 0 Å². The van der Waals surface area contributed by atoms with Gasteiger partial charge in [-0.3, -0.25) is 0 Å². The summed E-state index contributed by atoms with van der Waals surface area (Å²) in [4.78, 5) is 0. The number of allylic oxidation sites excluding steroid dienone is 4. The molecular weight excluding hydrogens is 156 g/mol. The highest BCUT2D eigenvalue weighted by molar-refractivity contribution is 5.30. The summed E-state index contributed by atoms with van der Waals surface area (Å²) in [5.74, 6) is 1.84. The van der Waals surface area contributed by atoms with Crippen molar-refractivity contribution in [2.24, 2.45) is 11.8 Å². The first-order chi connectivity index (χ1) is 6.36. The molecule has 0 aliphatic heterocycles. The number of rotatable bonds is 2. The fourth-order valence-corrected chi connectivity index (χ4v) is 3.07. The molecule has 0 N–H and O–H groups in total. The Bertz CT molecular complexity index is 219. The SMILES string of the molecule is CCC1=CC=C(CC)C2CCCC12. The van der Waals surface area contributed by atoms with E-state index in [1.54, 1.807) is 11.1 Å². The molecule has 72 valence electrons. The van der Waals surface area contributed by atoms with E-state index in [2.05, 4.69) is 26.0 Å². The minimum atomic E-state index is 0.921. The van der Waals surface area contributed by atoms with Crippen LogP contribution < -0.4 is 0 Å². The summed E-state index contributed by atoms with van der Waals surface area (Å²) >= 11 is 0. The minimum Gasteiger partial charge on any atom is -0.0668 e. The van der Waals surface area contributed by atoms with E-state index in [-0.39, 0.29) is 0 Å². The molecule has 2 rings (SSSR count). The van der Waals surface area contributed by atoms with E-state index in [1.165, 1.54) is 32.1 Å². The zero-order chi connectivity index (χ0) is 9.26. The Balaban J connectivity index is 2.25. The van der Waals surface area contributed by atoms with Crippen LogP contribution in [-0.2, 0) is 0 Å². The van der Waals surface area contributed by atoms with Gasteiger partial charge in [0.25, 0.3) is 0 Å². The summed E-state index contributed by atoms with van der Waals surface area (Å²) in [6, 6.07) is 0. The first-order valence-corrected chi connectivity index (χ1v) is 5.76. The maximum Gasteiger partial charge on any atom is -0.0134 e. The summed E-state index contributed by atoms with van der Waals surface area (Å²) in [6.45, 7) is 4.60. The van der Waals surface area contributed by atoms with Gasteiger partial charge in [-0.05, 0) is 37.5 Å². The van der Waals surface area contributed by atoms with Crippen LogP contribution in [0.1, 0.15) is 46.0 Å². The molecule has 13 heavy (non-hydrogen) atoms. The molecule has 2 unspecified atom stereocenters. The third-order valence-electron chi connectivity index (χ3n) is 3.80. The van der Waals surface area contributed by atoms with Gasteiger partial charge in [-0.1, -0.05) is 43.6 Å². The maximum atomic E-state index is 2.39. The predicted octanol–water partition coefficient (Wildman–Crippen LogP) is 4.09. The summed E-state index contributed by atoms with van der Waals surface area (Å²) in [6.07, 6.45) is 11.6. The van der Waals surface area contributed by atoms with E-state index >= 15 is 0 Å². The molecule has 0 aromatic rings. The lowest BCUT2D eigenvalue weighted by Gasteiger charge is -2.27. The van der Waals surface area contributed by atoms with Crippen molar-refractivity contribution in [3.8, 4) is 0 Å². The van der Waals surface area contributed by atoms with Gasteiger partial charge in [-0.25, -0.2) is 0 Å². The van der Waals surface area contributed by atoms with E-state index in [1.807, 2.05) is 0 Å². The van der Waals surface area contributed by atoms with E-state index in [9.17, 15) is 0 Å². The van der Waals surface area contributed by atoms with Gasteiger partial charge in [0.05, 0.1) is 0 Å². The quantitative estimate of drug-likeness (QED) is 0.594. The van der Waals surface area contributed by atoms with Gasteiger partial charge in [0.2, 0.25) is 0 Å². The highest BCUT2D eigenvalue weighted by Crippen LogP contribution is 2.45. The Morgan fingerprint density at radius 1 is 1.00 bits per heavy atom. The zero-order valence-electron chi connectivity index (χ0n) is 8.84. The minimum absolute atomic E-state index is 0.921. The number of fused-ring (bicyclic) bond motifs is 1. The van der Waals surface area contributed by atoms with E-state index < -0.39 is 0 Å². The average molecular weight is 176 g/mol. The van der Waals surface area contributed by atoms with Crippen molar-refractivity contribution in [3.63, 3.8) is 0 Å². The van der Waals surface area contributed by atoms with Crippen molar-refractivity contribution in [2.45, 2.75) is 46.0 Å². The van der Waals surface area contributed by atoms with Crippen molar-refractivity contribution in [2.75, 3.05) is 0 Å². The fourth-order valence-electron chi connectivity index (χ4n) is 3.07. The molecule has 0 aromatic heterocycles. The van der Waals surface area contributed by atoms with Gasteiger partial charge in [-0.15, -0.1) is 0 Å². The van der Waals surface area contributed by atoms with Crippen molar-refractivity contribution >= 4 is 0 Å². The van der Waals surface area contributed by atoms with E-state index in [0.29, 0.717) is 0 Å². The summed E-state index contributed by atoms with van der Waals surface area (Å²) in [7, 11) is 0. The highest BCUT2D eigenvalue weighted by atomic mass is 14.4. The molecule has 0 radical (unpaired) electrons. The largest absolute Gasteiger partial charge is 0.0668 e. The Hall–Kier alpha value is -0.520. The van der Waals surface area contributed by atoms with Crippen molar-refractivity contribution < 1.29 is 0 Å². The Kier molecular flexibility index (Phi) is 2.57. The summed E-state index contributed by atoms with van der Waals surface area (Å²) in [5.41, 5.74) is 3.42. The average Bonchev–Trinajstić information content (AvgIpc) is 2.64. The normalized spacial score (nSPS) is 32.5. The standard InChI is InChI=1S/C13H20/c1-3-10-8-9-11(4-2)13-7-5-6-12(10)13/h8-9,12-13H,3-7H2,1-2H3. The van der Waals surface area contributed by atoms with Crippen LogP contribution in [0.25, 0.3) is 0 Å². The van der Waals surface area contributed by atoms with Crippen LogP contribution in [0.3, 0.4) is 0 Å². The fraction of sp³-hybridized carbons (Fsp3) is 0.692. The molecule has 0 saturated heterocycles. The summed E-state index contributed by atoms with van der Waals surface area (Å²) < 4.78 is 0. The second-order valence-electron chi connectivity index (χ2n) is 4.33. The Labute approximate surface area is 81.7 Å². The Morgan fingerprint density at radius 3 is 1.85 bits per heavy atom. The smallest absolute Gasteiger partial charge is 0.0134 e. The van der Waals surface area contributed by atoms with Crippen LogP contribution in [-0.4, -0.2) is 0 Å². The molecule has 0 spiro atoms. The maximum absolute atomic E-state index is 2.39. The third kappa shape index (κ3) is 1.47. The lowest BCUT2D eigenvalue weighted by molar-refractivity contribution is 0.475. The molecule has 0 heterocycles. The van der Waals surface area contributed by atoms with Crippen LogP contribution in [0.2, 0.25) is 0 Å². The molecule has 0 aromatic carbocycles. The molecule has 0 bridgehead atoms. The van der Waals surface area contributed by atoms with E-state index in [4.69, 9.17) is 0 Å². The van der Waals surface area contributed by atoms with Crippen molar-refractivity contribution in [1.82, 2.24) is 0 Å². The molecular formula is C13H20. The van der Waals surface area contributed by atoms with Crippen LogP contribution >= 0.6 is 0 Å². The molecule has 2 aliphatic carbocycles. The second-order valence-corrected chi connectivity index (χ2v) is 4.33. The van der Waals surface area contributed by atoms with Crippen LogP contribution in [0.4, 0.5) is 0 Å². The lowest BCUT2D eigenvalue weighted by atomic mass is 9.78.